The lowest BCUT2D eigenvalue weighted by Gasteiger charge is -2.02. The molecular weight excluding hydrogens is 108 g/mol. The van der Waals surface area contributed by atoms with Crippen LogP contribution < -0.4 is 11.1 Å². The molecule has 0 aromatic heterocycles. The summed E-state index contributed by atoms with van der Waals surface area (Å²) < 4.78 is 0. The van der Waals surface area contributed by atoms with Crippen molar-refractivity contribution < 1.29 is 10.6 Å². The predicted molar refractivity (Wildman–Crippen MR) is 32.4 cm³/mol. The number of nitrogens with one attached hydrogen (secondary N) is 1. The molecule has 6 N–H and O–H groups in total. The first kappa shape index (κ1) is 10.8. The van der Waals surface area contributed by atoms with E-state index in [9.17, 15) is 0 Å². The fourth-order valence-corrected chi connectivity index (χ4v) is 0.292. The minimum absolute atomic E-state index is 0. The van der Waals surface area contributed by atoms with Crippen molar-refractivity contribution in [3.8, 4) is 0 Å². The molecule has 4 nitrogen and oxygen atoms in total. The second-order valence-electron chi connectivity index (χ2n) is 1.42. The number of aliphatic hydroxyl groups excluding tert-OH is 1. The van der Waals surface area contributed by atoms with Crippen molar-refractivity contribution in [2.75, 3.05) is 13.1 Å². The minimum Gasteiger partial charge on any atom is -0.412 e. The maximum atomic E-state index is 8.52. The molecule has 1 atom stereocenters. The first-order chi connectivity index (χ1) is 3.27. The molecule has 4 heteroatoms. The fourth-order valence-electron chi connectivity index (χ4n) is 0.292. The third-order valence-electron chi connectivity index (χ3n) is 0.584. The van der Waals surface area contributed by atoms with Crippen molar-refractivity contribution in [2.24, 2.45) is 5.73 Å². The average molecular weight is 122 g/mol. The van der Waals surface area contributed by atoms with E-state index >= 15 is 0 Å². The monoisotopic (exact) mass is 122 g/mol. The molecule has 0 spiro atoms. The maximum absolute atomic E-state index is 8.52. The van der Waals surface area contributed by atoms with Crippen molar-refractivity contribution in [3.05, 3.63) is 0 Å². The molecule has 0 fully saturated rings. The van der Waals surface area contributed by atoms with E-state index in [0.29, 0.717) is 13.1 Å². The van der Waals surface area contributed by atoms with E-state index in [1.807, 2.05) is 0 Å². The largest absolute Gasteiger partial charge is 0.412 e. The summed E-state index contributed by atoms with van der Waals surface area (Å²) in [6.45, 7) is 2.91. The van der Waals surface area contributed by atoms with Gasteiger partial charge < -0.3 is 16.3 Å². The third-order valence-corrected chi connectivity index (χ3v) is 0.584. The number of hydrogen-bond donors (Lipinski definition) is 3. The van der Waals surface area contributed by atoms with Gasteiger partial charge in [0.05, 0.1) is 0 Å². The molecule has 0 aliphatic rings. The lowest BCUT2D eigenvalue weighted by Crippen LogP contribution is -2.30. The van der Waals surface area contributed by atoms with Crippen LogP contribution in [-0.2, 0) is 0 Å². The van der Waals surface area contributed by atoms with Gasteiger partial charge in [0.15, 0.2) is 0 Å². The molecule has 0 saturated carbocycles. The van der Waals surface area contributed by atoms with Gasteiger partial charge in [-0.3, -0.25) is 5.32 Å². The first-order valence-electron chi connectivity index (χ1n) is 2.39. The molecule has 0 radical (unpaired) electrons. The van der Waals surface area contributed by atoms with Gasteiger partial charge in [-0.05, 0) is 6.92 Å². The first-order valence-corrected chi connectivity index (χ1v) is 2.39. The van der Waals surface area contributed by atoms with Gasteiger partial charge in [-0.15, -0.1) is 0 Å². The molecule has 0 aliphatic carbocycles. The van der Waals surface area contributed by atoms with E-state index in [1.165, 1.54) is 0 Å². The summed E-state index contributed by atoms with van der Waals surface area (Å²) >= 11 is 0. The summed E-state index contributed by atoms with van der Waals surface area (Å²) in [7, 11) is 0. The van der Waals surface area contributed by atoms with Crippen LogP contribution in [0.2, 0.25) is 0 Å². The summed E-state index contributed by atoms with van der Waals surface area (Å²) in [6, 6.07) is 0. The summed E-state index contributed by atoms with van der Waals surface area (Å²) in [4.78, 5) is 0. The number of aliphatic hydroxyl groups is 1. The fraction of sp³-hybridized carbons (Fsp3) is 1.00. The quantitative estimate of drug-likeness (QED) is 0.380. The van der Waals surface area contributed by atoms with E-state index < -0.39 is 6.23 Å². The molecule has 0 aromatic rings. The number of rotatable bonds is 3. The maximum Gasteiger partial charge on any atom is 0.102 e. The minimum atomic E-state index is -0.427. The molecule has 0 heterocycles. The highest BCUT2D eigenvalue weighted by Gasteiger charge is 1.87. The van der Waals surface area contributed by atoms with Crippen molar-refractivity contribution in [3.63, 3.8) is 0 Å². The highest BCUT2D eigenvalue weighted by atomic mass is 16.3. The van der Waals surface area contributed by atoms with Crippen LogP contribution in [0.15, 0.2) is 0 Å². The molecule has 0 saturated heterocycles. The zero-order valence-electron chi connectivity index (χ0n) is 5.02. The Hall–Kier alpha value is -0.160. The Kier molecular flexibility index (Phi) is 9.20. The molecule has 0 amide bonds. The van der Waals surface area contributed by atoms with Crippen LogP contribution in [0.3, 0.4) is 0 Å². The van der Waals surface area contributed by atoms with E-state index in [4.69, 9.17) is 10.8 Å². The van der Waals surface area contributed by atoms with Gasteiger partial charge in [-0.25, -0.2) is 0 Å². The molecule has 0 aromatic carbocycles. The van der Waals surface area contributed by atoms with Crippen LogP contribution in [0.4, 0.5) is 0 Å². The van der Waals surface area contributed by atoms with E-state index in [1.54, 1.807) is 6.92 Å². The van der Waals surface area contributed by atoms with E-state index in [0.717, 1.165) is 0 Å². The topological polar surface area (TPSA) is 89.8 Å². The Labute approximate surface area is 49.0 Å². The lowest BCUT2D eigenvalue weighted by molar-refractivity contribution is 0.158. The third kappa shape index (κ3) is 9.28. The normalized spacial score (nSPS) is 12.4. The Morgan fingerprint density at radius 2 is 2.25 bits per heavy atom. The summed E-state index contributed by atoms with van der Waals surface area (Å²) in [5.74, 6) is 0. The molecule has 8 heavy (non-hydrogen) atoms. The van der Waals surface area contributed by atoms with Gasteiger partial charge >= 0.3 is 0 Å². The zero-order valence-corrected chi connectivity index (χ0v) is 5.02. The van der Waals surface area contributed by atoms with Crippen LogP contribution >= 0.6 is 0 Å². The molecule has 0 aliphatic heterocycles. The van der Waals surface area contributed by atoms with Gasteiger partial charge in [0.1, 0.15) is 6.23 Å². The molecule has 0 bridgehead atoms. The highest BCUT2D eigenvalue weighted by Crippen LogP contribution is 1.65. The van der Waals surface area contributed by atoms with Crippen molar-refractivity contribution in [1.82, 2.24) is 5.32 Å². The van der Waals surface area contributed by atoms with Crippen LogP contribution in [0, 0.1) is 0 Å². The second-order valence-corrected chi connectivity index (χ2v) is 1.42. The van der Waals surface area contributed by atoms with Gasteiger partial charge in [0, 0.05) is 13.1 Å². The average Bonchev–Trinajstić information content (AvgIpc) is 1.61. The van der Waals surface area contributed by atoms with Gasteiger partial charge in [-0.1, -0.05) is 0 Å². The SMILES string of the molecule is CC(O)NCCN.O. The summed E-state index contributed by atoms with van der Waals surface area (Å²) in [5.41, 5.74) is 5.10. The highest BCUT2D eigenvalue weighted by molar-refractivity contribution is 4.44. The standard InChI is InChI=1S/C4H12N2O.H2O/c1-4(7)6-3-2-5;/h4,6-7H,2-3,5H2,1H3;1H2. The summed E-state index contributed by atoms with van der Waals surface area (Å²) in [5, 5.41) is 11.2. The van der Waals surface area contributed by atoms with Crippen LogP contribution in [0.1, 0.15) is 6.92 Å². The van der Waals surface area contributed by atoms with Gasteiger partial charge in [0.25, 0.3) is 0 Å². The Bertz CT molecular complexity index is 41.0. The summed E-state index contributed by atoms with van der Waals surface area (Å²) in [6.07, 6.45) is -0.427. The Morgan fingerprint density at radius 1 is 1.75 bits per heavy atom. The smallest absolute Gasteiger partial charge is 0.102 e. The van der Waals surface area contributed by atoms with Crippen LogP contribution in [-0.4, -0.2) is 29.9 Å². The van der Waals surface area contributed by atoms with Gasteiger partial charge in [-0.2, -0.15) is 0 Å². The second kappa shape index (κ2) is 6.84. The van der Waals surface area contributed by atoms with E-state index in [2.05, 4.69) is 5.32 Å². The molecule has 0 rings (SSSR count). The number of nitrogens with two attached hydrogens (primary N) is 1. The van der Waals surface area contributed by atoms with Crippen molar-refractivity contribution >= 4 is 0 Å². The zero-order chi connectivity index (χ0) is 5.70. The number of hydrogen-bond acceptors (Lipinski definition) is 3. The molecular formula is C4H14N2O2. The van der Waals surface area contributed by atoms with E-state index in [-0.39, 0.29) is 5.48 Å². The Morgan fingerprint density at radius 3 is 2.38 bits per heavy atom. The van der Waals surface area contributed by atoms with Crippen LogP contribution in [0.5, 0.6) is 0 Å². The van der Waals surface area contributed by atoms with Crippen LogP contribution in [0.25, 0.3) is 0 Å². The predicted octanol–water partition coefficient (Wildman–Crippen LogP) is -1.95. The van der Waals surface area contributed by atoms with Gasteiger partial charge in [0.2, 0.25) is 0 Å². The Balaban J connectivity index is 0. The van der Waals surface area contributed by atoms with Crippen molar-refractivity contribution in [1.29, 1.82) is 0 Å². The molecule has 1 unspecified atom stereocenters. The molecule has 52 valence electrons. The van der Waals surface area contributed by atoms with Crippen molar-refractivity contribution in [2.45, 2.75) is 13.2 Å². The lowest BCUT2D eigenvalue weighted by atomic mass is 10.6.